The summed E-state index contributed by atoms with van der Waals surface area (Å²) in [6.07, 6.45) is 4.84. The molecule has 2 aromatic heterocycles. The number of hydrogen-bond acceptors (Lipinski definition) is 6. The summed E-state index contributed by atoms with van der Waals surface area (Å²) >= 11 is 0. The fourth-order valence-corrected chi connectivity index (χ4v) is 4.00. The summed E-state index contributed by atoms with van der Waals surface area (Å²) in [5.74, 6) is 6.92. The highest BCUT2D eigenvalue weighted by Crippen LogP contribution is 2.22. The van der Waals surface area contributed by atoms with Gasteiger partial charge in [0, 0.05) is 61.8 Å². The first-order chi connectivity index (χ1) is 16.7. The number of benzene rings is 2. The molecule has 1 fully saturated rings. The van der Waals surface area contributed by atoms with Crippen LogP contribution in [0.15, 0.2) is 61.2 Å². The van der Waals surface area contributed by atoms with Crippen molar-refractivity contribution in [2.75, 3.05) is 39.3 Å². The summed E-state index contributed by atoms with van der Waals surface area (Å²) in [5.41, 5.74) is 4.88. The van der Waals surface area contributed by atoms with Gasteiger partial charge in [0.1, 0.15) is 12.2 Å². The van der Waals surface area contributed by atoms with Crippen molar-refractivity contribution in [2.24, 2.45) is 0 Å². The molecule has 0 bridgehead atoms. The van der Waals surface area contributed by atoms with Gasteiger partial charge >= 0.3 is 0 Å². The number of β-amino-alcohol motifs (C(OH)–C–C–N with tert-alkyl or cyclic N) is 1. The number of aliphatic hydroxyl groups excluding tert-OH is 1. The molecule has 0 atom stereocenters. The molecule has 0 radical (unpaired) electrons. The first-order valence-electron chi connectivity index (χ1n) is 11.2. The molecule has 3 heterocycles. The Kier molecular flexibility index (Phi) is 6.29. The molecule has 1 aliphatic heterocycles. The number of carbonyl (C=O) groups is 1. The Bertz CT molecular complexity index is 1350. The van der Waals surface area contributed by atoms with Crippen LogP contribution in [-0.4, -0.2) is 80.1 Å². The third-order valence-corrected chi connectivity index (χ3v) is 5.87. The Balaban J connectivity index is 1.30. The molecule has 8 heteroatoms. The van der Waals surface area contributed by atoms with E-state index < -0.39 is 0 Å². The number of imidazole rings is 1. The van der Waals surface area contributed by atoms with E-state index in [-0.39, 0.29) is 12.5 Å². The summed E-state index contributed by atoms with van der Waals surface area (Å²) in [6.45, 7) is 3.69. The number of aromatic amines is 1. The molecule has 2 N–H and O–H groups in total. The van der Waals surface area contributed by atoms with Crippen LogP contribution in [0, 0.1) is 11.8 Å². The fourth-order valence-electron chi connectivity index (χ4n) is 4.00. The van der Waals surface area contributed by atoms with Gasteiger partial charge in [-0.2, -0.15) is 0 Å². The summed E-state index contributed by atoms with van der Waals surface area (Å²) in [4.78, 5) is 33.0. The molecule has 0 saturated carbocycles. The minimum atomic E-state index is 0.0217. The van der Waals surface area contributed by atoms with Crippen LogP contribution in [-0.2, 0) is 0 Å². The minimum Gasteiger partial charge on any atom is -0.395 e. The second-order valence-electron chi connectivity index (χ2n) is 8.13. The number of carbonyl (C=O) groups excluding carboxylic acids is 1. The number of nitrogens with zero attached hydrogens (tertiary/aromatic N) is 5. The first-order valence-corrected chi connectivity index (χ1v) is 11.2. The highest BCUT2D eigenvalue weighted by atomic mass is 16.3. The second-order valence-corrected chi connectivity index (χ2v) is 8.13. The average Bonchev–Trinajstić information content (AvgIpc) is 3.32. The van der Waals surface area contributed by atoms with Gasteiger partial charge in [-0.3, -0.25) is 9.69 Å². The Labute approximate surface area is 197 Å². The zero-order valence-corrected chi connectivity index (χ0v) is 18.6. The molecule has 1 saturated heterocycles. The third kappa shape index (κ3) is 4.81. The molecule has 0 unspecified atom stereocenters. The van der Waals surface area contributed by atoms with Crippen LogP contribution < -0.4 is 0 Å². The largest absolute Gasteiger partial charge is 0.395 e. The molecule has 0 aliphatic carbocycles. The van der Waals surface area contributed by atoms with Gasteiger partial charge in [-0.05, 0) is 30.3 Å². The van der Waals surface area contributed by atoms with Crippen LogP contribution >= 0.6 is 0 Å². The maximum Gasteiger partial charge on any atom is 0.254 e. The number of amides is 1. The van der Waals surface area contributed by atoms with Gasteiger partial charge in [-0.1, -0.05) is 24.0 Å². The van der Waals surface area contributed by atoms with E-state index >= 15 is 0 Å². The number of fused-ring (bicyclic) bond motifs is 1. The predicted molar refractivity (Wildman–Crippen MR) is 129 cm³/mol. The number of aliphatic hydroxyl groups is 1. The van der Waals surface area contributed by atoms with Gasteiger partial charge in [0.25, 0.3) is 5.91 Å². The van der Waals surface area contributed by atoms with E-state index in [4.69, 9.17) is 5.11 Å². The van der Waals surface area contributed by atoms with Gasteiger partial charge in [0.05, 0.1) is 23.2 Å². The lowest BCUT2D eigenvalue weighted by molar-refractivity contribution is 0.0615. The van der Waals surface area contributed by atoms with Crippen molar-refractivity contribution in [3.63, 3.8) is 0 Å². The normalized spacial score (nSPS) is 14.1. The number of nitrogens with one attached hydrogen (secondary N) is 1. The van der Waals surface area contributed by atoms with Crippen molar-refractivity contribution in [3.05, 3.63) is 77.9 Å². The van der Waals surface area contributed by atoms with Crippen LogP contribution in [0.4, 0.5) is 0 Å². The smallest absolute Gasteiger partial charge is 0.254 e. The fraction of sp³-hybridized carbons (Fsp3) is 0.231. The molecular weight excluding hydrogens is 428 g/mol. The van der Waals surface area contributed by atoms with Crippen molar-refractivity contribution >= 4 is 16.9 Å². The van der Waals surface area contributed by atoms with Crippen molar-refractivity contribution in [2.45, 2.75) is 0 Å². The molecule has 2 aromatic carbocycles. The van der Waals surface area contributed by atoms with E-state index in [0.717, 1.165) is 46.6 Å². The number of rotatable bonds is 4. The van der Waals surface area contributed by atoms with Crippen molar-refractivity contribution < 1.29 is 9.90 Å². The third-order valence-electron chi connectivity index (χ3n) is 5.87. The van der Waals surface area contributed by atoms with Gasteiger partial charge in [-0.25, -0.2) is 15.0 Å². The lowest BCUT2D eigenvalue weighted by Crippen LogP contribution is -2.49. The SMILES string of the molecule is O=C(c1ccc2nc(-c3ccc(C#Cc4cncnc4)cc3)[nH]c2c1)N1CCN(CCO)CC1. The molecule has 4 aromatic rings. The summed E-state index contributed by atoms with van der Waals surface area (Å²) in [7, 11) is 0. The molecule has 170 valence electrons. The lowest BCUT2D eigenvalue weighted by Gasteiger charge is -2.34. The van der Waals surface area contributed by atoms with E-state index in [9.17, 15) is 4.79 Å². The van der Waals surface area contributed by atoms with E-state index in [2.05, 4.69) is 36.7 Å². The van der Waals surface area contributed by atoms with Gasteiger partial charge in [0.2, 0.25) is 0 Å². The topological polar surface area (TPSA) is 98.2 Å². The first kappa shape index (κ1) is 21.8. The monoisotopic (exact) mass is 452 g/mol. The molecular formula is C26H24N6O2. The van der Waals surface area contributed by atoms with E-state index in [1.807, 2.05) is 47.4 Å². The van der Waals surface area contributed by atoms with Crippen LogP contribution in [0.3, 0.4) is 0 Å². The summed E-state index contributed by atoms with van der Waals surface area (Å²) in [5, 5.41) is 9.10. The van der Waals surface area contributed by atoms with E-state index in [0.29, 0.717) is 25.2 Å². The zero-order chi connectivity index (χ0) is 23.3. The standard InChI is InChI=1S/C26H24N6O2/c33-14-13-31-9-11-32(12-10-31)26(34)22-7-8-23-24(15-22)30-25(29-23)21-5-3-19(4-6-21)1-2-20-16-27-18-28-17-20/h3-8,15-18,33H,9-14H2,(H,29,30). The van der Waals surface area contributed by atoms with Crippen LogP contribution in [0.5, 0.6) is 0 Å². The zero-order valence-electron chi connectivity index (χ0n) is 18.6. The number of hydrogen-bond donors (Lipinski definition) is 2. The Morgan fingerprint density at radius 1 is 0.971 bits per heavy atom. The molecule has 0 spiro atoms. The Morgan fingerprint density at radius 3 is 2.44 bits per heavy atom. The van der Waals surface area contributed by atoms with Crippen LogP contribution in [0.25, 0.3) is 22.4 Å². The molecule has 1 amide bonds. The molecule has 8 nitrogen and oxygen atoms in total. The maximum absolute atomic E-state index is 13.0. The van der Waals surface area contributed by atoms with Crippen molar-refractivity contribution in [1.82, 2.24) is 29.7 Å². The number of aromatic nitrogens is 4. The predicted octanol–water partition coefficient (Wildman–Crippen LogP) is 2.17. The van der Waals surface area contributed by atoms with Gasteiger partial charge in [-0.15, -0.1) is 0 Å². The highest BCUT2D eigenvalue weighted by molar-refractivity contribution is 5.97. The van der Waals surface area contributed by atoms with Crippen LogP contribution in [0.2, 0.25) is 0 Å². The van der Waals surface area contributed by atoms with Crippen molar-refractivity contribution in [1.29, 1.82) is 0 Å². The van der Waals surface area contributed by atoms with Gasteiger partial charge < -0.3 is 15.0 Å². The van der Waals surface area contributed by atoms with Crippen molar-refractivity contribution in [3.8, 4) is 23.2 Å². The van der Waals surface area contributed by atoms with E-state index in [1.54, 1.807) is 12.4 Å². The quantitative estimate of drug-likeness (QED) is 0.461. The Morgan fingerprint density at radius 2 is 1.71 bits per heavy atom. The summed E-state index contributed by atoms with van der Waals surface area (Å²) in [6, 6.07) is 13.4. The molecule has 5 rings (SSSR count). The van der Waals surface area contributed by atoms with E-state index in [1.165, 1.54) is 6.33 Å². The highest BCUT2D eigenvalue weighted by Gasteiger charge is 2.22. The molecule has 34 heavy (non-hydrogen) atoms. The Hall–Kier alpha value is -4.06. The average molecular weight is 453 g/mol. The minimum absolute atomic E-state index is 0.0217. The molecule has 1 aliphatic rings. The maximum atomic E-state index is 13.0. The number of piperazine rings is 1. The van der Waals surface area contributed by atoms with Crippen LogP contribution in [0.1, 0.15) is 21.5 Å². The lowest BCUT2D eigenvalue weighted by atomic mass is 10.1. The summed E-state index contributed by atoms with van der Waals surface area (Å²) < 4.78 is 0. The van der Waals surface area contributed by atoms with Gasteiger partial charge in [0.15, 0.2) is 0 Å². The number of H-pyrrole nitrogens is 1. The second kappa shape index (κ2) is 9.83.